The van der Waals surface area contributed by atoms with E-state index in [1.54, 1.807) is 6.92 Å². The molecular weight excluding hydrogens is 481 g/mol. The highest BCUT2D eigenvalue weighted by Gasteiger charge is 2.43. The summed E-state index contributed by atoms with van der Waals surface area (Å²) in [5, 5.41) is 15.8. The number of hydrogen-bond donors (Lipinski definition) is 1. The van der Waals surface area contributed by atoms with E-state index in [1.165, 1.54) is 35.5 Å². The second kappa shape index (κ2) is 10.1. The van der Waals surface area contributed by atoms with Crippen molar-refractivity contribution >= 4 is 5.69 Å². The van der Waals surface area contributed by atoms with Gasteiger partial charge < -0.3 is 10.0 Å². The Kier molecular flexibility index (Phi) is 7.33. The van der Waals surface area contributed by atoms with E-state index >= 15 is 0 Å². The van der Waals surface area contributed by atoms with Crippen LogP contribution in [0.2, 0.25) is 0 Å². The monoisotopic (exact) mass is 509 g/mol. The second-order valence-corrected chi connectivity index (χ2v) is 9.24. The van der Waals surface area contributed by atoms with Crippen LogP contribution in [-0.4, -0.2) is 57.0 Å². The molecule has 2 heterocycles. The zero-order valence-corrected chi connectivity index (χ0v) is 20.0. The van der Waals surface area contributed by atoms with Gasteiger partial charge in [0.1, 0.15) is 29.9 Å². The predicted octanol–water partition coefficient (Wildman–Crippen LogP) is 4.45. The Morgan fingerprint density at radius 3 is 2.31 bits per heavy atom. The number of aromatic nitrogens is 3. The van der Waals surface area contributed by atoms with E-state index < -0.39 is 35.0 Å². The Bertz CT molecular complexity index is 1150. The van der Waals surface area contributed by atoms with Crippen molar-refractivity contribution in [2.45, 2.75) is 50.2 Å². The maximum atomic E-state index is 14.8. The third kappa shape index (κ3) is 5.36. The van der Waals surface area contributed by atoms with Crippen LogP contribution in [0.3, 0.4) is 0 Å². The summed E-state index contributed by atoms with van der Waals surface area (Å²) in [6.07, 6.45) is -0.273. The number of anilines is 1. The average molecular weight is 510 g/mol. The number of benzene rings is 2. The Morgan fingerprint density at radius 2 is 1.75 bits per heavy atom. The number of piperidine rings is 1. The lowest BCUT2D eigenvalue weighted by molar-refractivity contribution is -0.137. The first-order valence-corrected chi connectivity index (χ1v) is 11.6. The van der Waals surface area contributed by atoms with Crippen LogP contribution in [0.15, 0.2) is 55.1 Å². The van der Waals surface area contributed by atoms with E-state index in [4.69, 9.17) is 0 Å². The van der Waals surface area contributed by atoms with Crippen LogP contribution in [-0.2, 0) is 18.3 Å². The molecule has 1 fully saturated rings. The van der Waals surface area contributed by atoms with Gasteiger partial charge in [0.15, 0.2) is 0 Å². The summed E-state index contributed by atoms with van der Waals surface area (Å²) in [5.41, 5.74) is -1.76. The predicted molar refractivity (Wildman–Crippen MR) is 124 cm³/mol. The number of likely N-dealkylation sites (tertiary alicyclic amines) is 1. The molecule has 0 aliphatic carbocycles. The van der Waals surface area contributed by atoms with Crippen molar-refractivity contribution in [2.24, 2.45) is 0 Å². The highest BCUT2D eigenvalue weighted by Crippen LogP contribution is 2.35. The van der Waals surface area contributed by atoms with Gasteiger partial charge in [0.05, 0.1) is 12.1 Å². The van der Waals surface area contributed by atoms with Gasteiger partial charge in [0.25, 0.3) is 0 Å². The van der Waals surface area contributed by atoms with Gasteiger partial charge in [-0.3, -0.25) is 4.90 Å². The van der Waals surface area contributed by atoms with E-state index in [-0.39, 0.29) is 18.2 Å². The van der Waals surface area contributed by atoms with E-state index in [0.29, 0.717) is 31.6 Å². The van der Waals surface area contributed by atoms with Crippen molar-refractivity contribution in [3.63, 3.8) is 0 Å². The molecule has 194 valence electrons. The van der Waals surface area contributed by atoms with Crippen molar-refractivity contribution < 1.29 is 27.1 Å². The largest absolute Gasteiger partial charge is 0.416 e. The molecule has 0 saturated carbocycles. The van der Waals surface area contributed by atoms with E-state index in [2.05, 4.69) is 10.1 Å². The summed E-state index contributed by atoms with van der Waals surface area (Å²) in [6.45, 7) is 2.85. The molecule has 0 amide bonds. The molecule has 11 heteroatoms. The van der Waals surface area contributed by atoms with Crippen molar-refractivity contribution in [1.29, 1.82) is 0 Å². The number of halogens is 5. The number of alkyl halides is 3. The molecule has 4 rings (SSSR count). The molecule has 1 aromatic heterocycles. The van der Waals surface area contributed by atoms with Crippen molar-refractivity contribution in [2.75, 3.05) is 25.0 Å². The fourth-order valence-electron chi connectivity index (χ4n) is 4.90. The van der Waals surface area contributed by atoms with Crippen LogP contribution in [0.25, 0.3) is 0 Å². The van der Waals surface area contributed by atoms with Crippen LogP contribution in [0.1, 0.15) is 30.9 Å². The minimum Gasteiger partial charge on any atom is -0.381 e. The summed E-state index contributed by atoms with van der Waals surface area (Å²) < 4.78 is 68.5. The highest BCUT2D eigenvalue weighted by atomic mass is 19.4. The van der Waals surface area contributed by atoms with Crippen LogP contribution in [0.5, 0.6) is 0 Å². The summed E-state index contributed by atoms with van der Waals surface area (Å²) in [6, 6.07) is 7.72. The molecule has 1 saturated heterocycles. The maximum Gasteiger partial charge on any atom is 0.416 e. The summed E-state index contributed by atoms with van der Waals surface area (Å²) in [5.74, 6) is -1.58. The molecule has 0 radical (unpaired) electrons. The molecule has 0 spiro atoms. The van der Waals surface area contributed by atoms with Crippen LogP contribution >= 0.6 is 0 Å². The van der Waals surface area contributed by atoms with E-state index in [9.17, 15) is 27.1 Å². The number of nitrogens with zero attached hydrogens (tertiary/aromatic N) is 5. The summed E-state index contributed by atoms with van der Waals surface area (Å²) >= 11 is 0. The lowest BCUT2D eigenvalue weighted by atomic mass is 9.84. The number of aliphatic hydroxyl groups is 1. The lowest BCUT2D eigenvalue weighted by Gasteiger charge is -2.45. The molecule has 36 heavy (non-hydrogen) atoms. The molecule has 2 atom stereocenters. The fraction of sp³-hybridized carbons (Fsp3) is 0.440. The van der Waals surface area contributed by atoms with Crippen LogP contribution < -0.4 is 4.90 Å². The molecule has 0 unspecified atom stereocenters. The van der Waals surface area contributed by atoms with Gasteiger partial charge in [0.2, 0.25) is 0 Å². The summed E-state index contributed by atoms with van der Waals surface area (Å²) in [7, 11) is 1.85. The van der Waals surface area contributed by atoms with Gasteiger partial charge in [-0.25, -0.2) is 18.4 Å². The quantitative estimate of drug-likeness (QED) is 0.477. The van der Waals surface area contributed by atoms with Gasteiger partial charge >= 0.3 is 6.18 Å². The zero-order chi connectivity index (χ0) is 26.1. The molecule has 2 aromatic carbocycles. The average Bonchev–Trinajstić information content (AvgIpc) is 3.35. The zero-order valence-electron chi connectivity index (χ0n) is 20.0. The van der Waals surface area contributed by atoms with Gasteiger partial charge in [-0.15, -0.1) is 0 Å². The first-order chi connectivity index (χ1) is 17.0. The van der Waals surface area contributed by atoms with Gasteiger partial charge in [-0.2, -0.15) is 18.3 Å². The summed E-state index contributed by atoms with van der Waals surface area (Å²) in [4.78, 5) is 7.89. The van der Waals surface area contributed by atoms with Crippen molar-refractivity contribution in [1.82, 2.24) is 19.7 Å². The van der Waals surface area contributed by atoms with E-state index in [0.717, 1.165) is 24.3 Å². The Balaban J connectivity index is 1.49. The third-order valence-electron chi connectivity index (χ3n) is 7.15. The number of rotatable bonds is 7. The molecule has 1 N–H and O–H groups in total. The third-order valence-corrected chi connectivity index (χ3v) is 7.15. The lowest BCUT2D eigenvalue weighted by Crippen LogP contribution is -2.55. The maximum absolute atomic E-state index is 14.8. The Morgan fingerprint density at radius 1 is 1.08 bits per heavy atom. The standard InChI is InChI=1S/C25H28F5N5O/c1-17(24(36,14-35-16-31-15-32-35)22-8-5-19(26)13-23(22)27)34-11-9-21(10-12-34)33(2)20-6-3-18(4-7-20)25(28,29)30/h3-8,13,15-17,21,36H,9-12,14H2,1-2H3/t17-,24-/m1/s1. The normalized spacial score (nSPS) is 18.1. The van der Waals surface area contributed by atoms with Crippen LogP contribution in [0.4, 0.5) is 27.6 Å². The Labute approximate surface area is 206 Å². The molecule has 3 aromatic rings. The minimum atomic E-state index is -4.38. The topological polar surface area (TPSA) is 57.4 Å². The molecular formula is C25H28F5N5O. The fourth-order valence-corrected chi connectivity index (χ4v) is 4.90. The minimum absolute atomic E-state index is 0.0316. The van der Waals surface area contributed by atoms with Gasteiger partial charge in [-0.1, -0.05) is 6.07 Å². The van der Waals surface area contributed by atoms with Crippen molar-refractivity contribution in [3.8, 4) is 0 Å². The second-order valence-electron chi connectivity index (χ2n) is 9.24. The van der Waals surface area contributed by atoms with Gasteiger partial charge in [0, 0.05) is 49.5 Å². The molecule has 1 aliphatic rings. The highest BCUT2D eigenvalue weighted by molar-refractivity contribution is 5.48. The van der Waals surface area contributed by atoms with Crippen molar-refractivity contribution in [3.05, 3.63) is 77.9 Å². The first kappa shape index (κ1) is 26.0. The van der Waals surface area contributed by atoms with Gasteiger partial charge in [-0.05, 0) is 50.1 Å². The smallest absolute Gasteiger partial charge is 0.381 e. The van der Waals surface area contributed by atoms with E-state index in [1.807, 2.05) is 16.8 Å². The number of hydrogen-bond acceptors (Lipinski definition) is 5. The molecule has 1 aliphatic heterocycles. The van der Waals surface area contributed by atoms with Crippen LogP contribution in [0, 0.1) is 11.6 Å². The molecule has 6 nitrogen and oxygen atoms in total. The molecule has 0 bridgehead atoms. The Hall–Kier alpha value is -3.05. The first-order valence-electron chi connectivity index (χ1n) is 11.6. The SMILES string of the molecule is C[C@@H](N1CCC(N(C)c2ccc(C(F)(F)F)cc2)CC1)[C@](O)(Cn1cncn1)c1ccc(F)cc1F.